The molecule has 0 saturated carbocycles. The molecule has 1 heterocycles. The number of nitrogens with one attached hydrogen (secondary N) is 1. The molecule has 0 radical (unpaired) electrons. The van der Waals surface area contributed by atoms with Crippen LogP contribution in [-0.4, -0.2) is 25.1 Å². The molecule has 0 atom stereocenters. The normalized spacial score (nSPS) is 10.0. The lowest BCUT2D eigenvalue weighted by Crippen LogP contribution is -2.20. The number of nitrogens with zero attached hydrogens (tertiary/aromatic N) is 1. The fourth-order valence-corrected chi connectivity index (χ4v) is 3.25. The lowest BCUT2D eigenvalue weighted by molar-refractivity contribution is -0.118. The minimum absolute atomic E-state index is 0.228. The van der Waals surface area contributed by atoms with E-state index in [0.717, 1.165) is 11.3 Å². The quantitative estimate of drug-likeness (QED) is 0.773. The van der Waals surface area contributed by atoms with Crippen LogP contribution in [0.3, 0.4) is 0 Å². The Kier molecular flexibility index (Phi) is 6.39. The van der Waals surface area contributed by atoms with E-state index < -0.39 is 11.9 Å². The van der Waals surface area contributed by atoms with Gasteiger partial charge in [-0.15, -0.1) is 11.3 Å². The number of hydrogen-bond donors (Lipinski definition) is 1. The molecule has 0 spiro atoms. The maximum atomic E-state index is 12.1. The maximum absolute atomic E-state index is 12.1. The summed E-state index contributed by atoms with van der Waals surface area (Å²) >= 11 is 6.96. The van der Waals surface area contributed by atoms with Crippen LogP contribution in [0.5, 0.6) is 5.75 Å². The van der Waals surface area contributed by atoms with Crippen molar-refractivity contribution in [2.75, 3.05) is 18.5 Å². The number of hydrogen-bond acceptors (Lipinski definition) is 6. The standard InChI is InChI=1S/C17H15ClN2O4S/c1-3-23-17(22)15-10(2)11(8-19)16(25-15)20-14(21)9-24-13-7-5-4-6-12(13)18/h4-7H,3,9H2,1-2H3,(H,20,21). The van der Waals surface area contributed by atoms with Crippen molar-refractivity contribution < 1.29 is 19.1 Å². The predicted molar refractivity (Wildman–Crippen MR) is 95.3 cm³/mol. The molecule has 1 N–H and O–H groups in total. The van der Waals surface area contributed by atoms with Gasteiger partial charge in [0, 0.05) is 0 Å². The van der Waals surface area contributed by atoms with Gasteiger partial charge < -0.3 is 14.8 Å². The van der Waals surface area contributed by atoms with Crippen molar-refractivity contribution in [2.24, 2.45) is 0 Å². The van der Waals surface area contributed by atoms with Crippen LogP contribution in [0.25, 0.3) is 0 Å². The van der Waals surface area contributed by atoms with E-state index in [-0.39, 0.29) is 23.8 Å². The van der Waals surface area contributed by atoms with Crippen LogP contribution in [-0.2, 0) is 9.53 Å². The summed E-state index contributed by atoms with van der Waals surface area (Å²) in [7, 11) is 0. The van der Waals surface area contributed by atoms with E-state index >= 15 is 0 Å². The van der Waals surface area contributed by atoms with Gasteiger partial charge in [-0.05, 0) is 31.5 Å². The fraction of sp³-hybridized carbons (Fsp3) is 0.235. The molecule has 0 unspecified atom stereocenters. The molecule has 0 aliphatic heterocycles. The Bertz CT molecular complexity index is 842. The van der Waals surface area contributed by atoms with Gasteiger partial charge in [-0.1, -0.05) is 23.7 Å². The highest BCUT2D eigenvalue weighted by atomic mass is 35.5. The first-order chi connectivity index (χ1) is 12.0. The molecule has 2 aromatic rings. The Balaban J connectivity index is 2.10. The molecule has 0 saturated heterocycles. The van der Waals surface area contributed by atoms with Gasteiger partial charge in [0.15, 0.2) is 6.61 Å². The number of esters is 1. The molecule has 0 aliphatic rings. The zero-order valence-electron chi connectivity index (χ0n) is 13.6. The highest BCUT2D eigenvalue weighted by Crippen LogP contribution is 2.33. The molecule has 0 fully saturated rings. The molecular weight excluding hydrogens is 364 g/mol. The fourth-order valence-electron chi connectivity index (χ4n) is 2.00. The number of amides is 1. The Hall–Kier alpha value is -2.56. The van der Waals surface area contributed by atoms with Crippen molar-refractivity contribution in [3.63, 3.8) is 0 Å². The van der Waals surface area contributed by atoms with Crippen molar-refractivity contribution in [1.29, 1.82) is 5.26 Å². The monoisotopic (exact) mass is 378 g/mol. The number of carbonyl (C=O) groups is 2. The number of ether oxygens (including phenoxy) is 2. The van der Waals surface area contributed by atoms with Crippen LogP contribution in [0.4, 0.5) is 5.00 Å². The molecule has 130 valence electrons. The van der Waals surface area contributed by atoms with Crippen molar-refractivity contribution in [2.45, 2.75) is 13.8 Å². The zero-order chi connectivity index (χ0) is 18.4. The molecule has 6 nitrogen and oxygen atoms in total. The number of nitriles is 1. The zero-order valence-corrected chi connectivity index (χ0v) is 15.2. The van der Waals surface area contributed by atoms with Gasteiger partial charge in [0.05, 0.1) is 17.2 Å². The van der Waals surface area contributed by atoms with E-state index in [2.05, 4.69) is 5.32 Å². The first-order valence-electron chi connectivity index (χ1n) is 7.35. The molecule has 25 heavy (non-hydrogen) atoms. The lowest BCUT2D eigenvalue weighted by Gasteiger charge is -2.07. The van der Waals surface area contributed by atoms with E-state index in [1.807, 2.05) is 6.07 Å². The molecule has 0 aliphatic carbocycles. The number of rotatable bonds is 6. The van der Waals surface area contributed by atoms with Gasteiger partial charge in [-0.2, -0.15) is 5.26 Å². The van der Waals surface area contributed by atoms with Crippen LogP contribution in [0, 0.1) is 18.3 Å². The second-order valence-electron chi connectivity index (χ2n) is 4.86. The molecular formula is C17H15ClN2O4S. The lowest BCUT2D eigenvalue weighted by atomic mass is 10.2. The maximum Gasteiger partial charge on any atom is 0.348 e. The Morgan fingerprint density at radius 1 is 1.36 bits per heavy atom. The second kappa shape index (κ2) is 8.51. The van der Waals surface area contributed by atoms with Crippen LogP contribution in [0.2, 0.25) is 5.02 Å². The highest BCUT2D eigenvalue weighted by molar-refractivity contribution is 7.18. The van der Waals surface area contributed by atoms with E-state index in [0.29, 0.717) is 21.2 Å². The van der Waals surface area contributed by atoms with Crippen LogP contribution in [0.1, 0.15) is 27.7 Å². The first-order valence-corrected chi connectivity index (χ1v) is 8.55. The van der Waals surface area contributed by atoms with Gasteiger partial charge in [-0.3, -0.25) is 4.79 Å². The highest BCUT2D eigenvalue weighted by Gasteiger charge is 2.22. The SMILES string of the molecule is CCOC(=O)c1sc(NC(=O)COc2ccccc2Cl)c(C#N)c1C. The molecule has 2 rings (SSSR count). The average Bonchev–Trinajstić information content (AvgIpc) is 2.90. The topological polar surface area (TPSA) is 88.4 Å². The molecule has 0 bridgehead atoms. The summed E-state index contributed by atoms with van der Waals surface area (Å²) in [5, 5.41) is 12.6. The van der Waals surface area contributed by atoms with Crippen LogP contribution < -0.4 is 10.1 Å². The van der Waals surface area contributed by atoms with Crippen molar-refractivity contribution in [3.05, 3.63) is 45.3 Å². The van der Waals surface area contributed by atoms with Gasteiger partial charge in [-0.25, -0.2) is 4.79 Å². The summed E-state index contributed by atoms with van der Waals surface area (Å²) in [6.07, 6.45) is 0. The summed E-state index contributed by atoms with van der Waals surface area (Å²) in [6, 6.07) is 8.78. The van der Waals surface area contributed by atoms with Gasteiger partial charge in [0.25, 0.3) is 5.91 Å². The van der Waals surface area contributed by atoms with Crippen LogP contribution >= 0.6 is 22.9 Å². The summed E-state index contributed by atoms with van der Waals surface area (Å²) < 4.78 is 10.3. The molecule has 1 aromatic carbocycles. The molecule has 8 heteroatoms. The van der Waals surface area contributed by atoms with Gasteiger partial charge in [0.2, 0.25) is 0 Å². The number of benzene rings is 1. The first kappa shape index (κ1) is 18.8. The number of anilines is 1. The number of carbonyl (C=O) groups excluding carboxylic acids is 2. The van der Waals surface area contributed by atoms with Crippen molar-refractivity contribution >= 4 is 39.8 Å². The molecule has 1 aromatic heterocycles. The summed E-state index contributed by atoms with van der Waals surface area (Å²) in [4.78, 5) is 24.3. The van der Waals surface area contributed by atoms with E-state index in [1.54, 1.807) is 38.1 Å². The number of halogens is 1. The number of thiophene rings is 1. The second-order valence-corrected chi connectivity index (χ2v) is 6.29. The average molecular weight is 379 g/mol. The van der Waals surface area contributed by atoms with Crippen LogP contribution in [0.15, 0.2) is 24.3 Å². The van der Waals surface area contributed by atoms with Crippen molar-refractivity contribution in [3.8, 4) is 11.8 Å². The van der Waals surface area contributed by atoms with E-state index in [1.165, 1.54) is 0 Å². The van der Waals surface area contributed by atoms with Crippen molar-refractivity contribution in [1.82, 2.24) is 0 Å². The minimum Gasteiger partial charge on any atom is -0.482 e. The summed E-state index contributed by atoms with van der Waals surface area (Å²) in [5.74, 6) is -0.600. The van der Waals surface area contributed by atoms with E-state index in [9.17, 15) is 14.9 Å². The minimum atomic E-state index is -0.519. The Morgan fingerprint density at radius 3 is 2.72 bits per heavy atom. The van der Waals surface area contributed by atoms with Gasteiger partial charge in [0.1, 0.15) is 21.7 Å². The third-order valence-corrected chi connectivity index (χ3v) is 4.67. The third-order valence-electron chi connectivity index (χ3n) is 3.17. The van der Waals surface area contributed by atoms with Gasteiger partial charge >= 0.3 is 5.97 Å². The Labute approximate surface area is 153 Å². The number of para-hydroxylation sites is 1. The predicted octanol–water partition coefficient (Wildman–Crippen LogP) is 3.78. The van der Waals surface area contributed by atoms with E-state index in [4.69, 9.17) is 21.1 Å². The molecule has 1 amide bonds. The summed E-state index contributed by atoms with van der Waals surface area (Å²) in [6.45, 7) is 3.28. The largest absolute Gasteiger partial charge is 0.482 e. The smallest absolute Gasteiger partial charge is 0.348 e. The third kappa shape index (κ3) is 4.50. The Morgan fingerprint density at radius 2 is 2.08 bits per heavy atom. The summed E-state index contributed by atoms with van der Waals surface area (Å²) in [5.41, 5.74) is 0.715.